The lowest BCUT2D eigenvalue weighted by molar-refractivity contribution is 0.688. The fraction of sp³-hybridized carbons (Fsp3) is 0.500. The van der Waals surface area contributed by atoms with Crippen LogP contribution in [0.3, 0.4) is 0 Å². The predicted octanol–water partition coefficient (Wildman–Crippen LogP) is 1.49. The standard InChI is InChI=1S/C10H17N3/c1-2-5-11-8-9-13-10-3-6-12-7-4-10/h3-4,6-7,11H,2,5,8-9H2,1H3,(H,12,13). The van der Waals surface area contributed by atoms with Gasteiger partial charge in [-0.25, -0.2) is 0 Å². The minimum Gasteiger partial charge on any atom is -0.384 e. The smallest absolute Gasteiger partial charge is 0.0371 e. The summed E-state index contributed by atoms with van der Waals surface area (Å²) in [4.78, 5) is 3.95. The van der Waals surface area contributed by atoms with E-state index >= 15 is 0 Å². The molecule has 0 bridgehead atoms. The Labute approximate surface area is 79.6 Å². The Balaban J connectivity index is 2.07. The van der Waals surface area contributed by atoms with Crippen LogP contribution in [0.25, 0.3) is 0 Å². The molecule has 0 radical (unpaired) electrons. The van der Waals surface area contributed by atoms with Crippen LogP contribution in [0.2, 0.25) is 0 Å². The van der Waals surface area contributed by atoms with Gasteiger partial charge in [0.1, 0.15) is 0 Å². The SMILES string of the molecule is CCCNCCNc1ccncc1. The van der Waals surface area contributed by atoms with Gasteiger partial charge >= 0.3 is 0 Å². The van der Waals surface area contributed by atoms with Crippen LogP contribution in [0.1, 0.15) is 13.3 Å². The first kappa shape index (κ1) is 9.99. The molecule has 0 saturated heterocycles. The van der Waals surface area contributed by atoms with Crippen molar-refractivity contribution in [3.63, 3.8) is 0 Å². The van der Waals surface area contributed by atoms with Crippen LogP contribution >= 0.6 is 0 Å². The molecule has 0 aliphatic heterocycles. The van der Waals surface area contributed by atoms with Gasteiger partial charge in [-0.1, -0.05) is 6.92 Å². The Hall–Kier alpha value is -1.09. The molecule has 0 spiro atoms. The van der Waals surface area contributed by atoms with Crippen LogP contribution in [0.15, 0.2) is 24.5 Å². The molecule has 0 unspecified atom stereocenters. The van der Waals surface area contributed by atoms with Crippen molar-refractivity contribution in [2.75, 3.05) is 25.0 Å². The van der Waals surface area contributed by atoms with Gasteiger partial charge in [0.15, 0.2) is 0 Å². The summed E-state index contributed by atoms with van der Waals surface area (Å²) in [5, 5.41) is 6.63. The molecule has 0 saturated carbocycles. The maximum absolute atomic E-state index is 3.95. The molecular weight excluding hydrogens is 162 g/mol. The van der Waals surface area contributed by atoms with E-state index in [0.717, 1.165) is 25.3 Å². The Bertz CT molecular complexity index is 211. The van der Waals surface area contributed by atoms with Crippen molar-refractivity contribution < 1.29 is 0 Å². The zero-order chi connectivity index (χ0) is 9.36. The minimum atomic E-state index is 0.962. The average Bonchev–Trinajstić information content (AvgIpc) is 2.19. The van der Waals surface area contributed by atoms with Gasteiger partial charge in [0.05, 0.1) is 0 Å². The van der Waals surface area contributed by atoms with E-state index in [-0.39, 0.29) is 0 Å². The molecule has 3 heteroatoms. The number of anilines is 1. The molecule has 0 atom stereocenters. The molecule has 0 aliphatic carbocycles. The highest BCUT2D eigenvalue weighted by atomic mass is 14.9. The van der Waals surface area contributed by atoms with Gasteiger partial charge in [-0.15, -0.1) is 0 Å². The van der Waals surface area contributed by atoms with Gasteiger partial charge in [0.2, 0.25) is 0 Å². The first-order valence-electron chi connectivity index (χ1n) is 4.78. The van der Waals surface area contributed by atoms with Crippen molar-refractivity contribution in [3.8, 4) is 0 Å². The summed E-state index contributed by atoms with van der Waals surface area (Å²) >= 11 is 0. The molecule has 3 nitrogen and oxygen atoms in total. The number of rotatable bonds is 6. The molecule has 72 valence electrons. The van der Waals surface area contributed by atoms with Crippen molar-refractivity contribution in [2.45, 2.75) is 13.3 Å². The molecule has 0 aromatic carbocycles. The van der Waals surface area contributed by atoms with E-state index < -0.39 is 0 Å². The van der Waals surface area contributed by atoms with Crippen molar-refractivity contribution in [1.82, 2.24) is 10.3 Å². The molecule has 0 amide bonds. The van der Waals surface area contributed by atoms with Gasteiger partial charge < -0.3 is 10.6 Å². The largest absolute Gasteiger partial charge is 0.384 e. The number of aromatic nitrogens is 1. The number of nitrogens with one attached hydrogen (secondary N) is 2. The van der Waals surface area contributed by atoms with E-state index in [9.17, 15) is 0 Å². The van der Waals surface area contributed by atoms with Crippen LogP contribution in [0.4, 0.5) is 5.69 Å². The van der Waals surface area contributed by atoms with Gasteiger partial charge in [0, 0.05) is 31.2 Å². The third-order valence-corrected chi connectivity index (χ3v) is 1.74. The Morgan fingerprint density at radius 1 is 1.15 bits per heavy atom. The number of pyridine rings is 1. The molecule has 13 heavy (non-hydrogen) atoms. The van der Waals surface area contributed by atoms with E-state index in [1.165, 1.54) is 6.42 Å². The number of hydrogen-bond donors (Lipinski definition) is 2. The van der Waals surface area contributed by atoms with Crippen LogP contribution in [0, 0.1) is 0 Å². The summed E-state index contributed by atoms with van der Waals surface area (Å²) in [6.07, 6.45) is 4.78. The van der Waals surface area contributed by atoms with Gasteiger partial charge in [0.25, 0.3) is 0 Å². The van der Waals surface area contributed by atoms with E-state index in [2.05, 4.69) is 22.5 Å². The van der Waals surface area contributed by atoms with Crippen LogP contribution in [-0.4, -0.2) is 24.6 Å². The maximum atomic E-state index is 3.95. The summed E-state index contributed by atoms with van der Waals surface area (Å²) in [6, 6.07) is 3.94. The van der Waals surface area contributed by atoms with Crippen molar-refractivity contribution in [2.24, 2.45) is 0 Å². The zero-order valence-electron chi connectivity index (χ0n) is 8.09. The third kappa shape index (κ3) is 4.48. The summed E-state index contributed by atoms with van der Waals surface area (Å²) < 4.78 is 0. The number of hydrogen-bond acceptors (Lipinski definition) is 3. The molecule has 1 heterocycles. The lowest BCUT2D eigenvalue weighted by Crippen LogP contribution is -2.22. The highest BCUT2D eigenvalue weighted by Gasteiger charge is 1.88. The van der Waals surface area contributed by atoms with Gasteiger partial charge in [-0.2, -0.15) is 0 Å². The second-order valence-electron chi connectivity index (χ2n) is 2.91. The molecule has 0 aliphatic rings. The van der Waals surface area contributed by atoms with E-state index in [0.29, 0.717) is 0 Å². The molecule has 1 rings (SSSR count). The van der Waals surface area contributed by atoms with Crippen molar-refractivity contribution in [1.29, 1.82) is 0 Å². The third-order valence-electron chi connectivity index (χ3n) is 1.74. The topological polar surface area (TPSA) is 37.0 Å². The lowest BCUT2D eigenvalue weighted by Gasteiger charge is -2.06. The second-order valence-corrected chi connectivity index (χ2v) is 2.91. The summed E-state index contributed by atoms with van der Waals surface area (Å²) in [6.45, 7) is 5.24. The molecule has 2 N–H and O–H groups in total. The first-order valence-corrected chi connectivity index (χ1v) is 4.78. The average molecular weight is 179 g/mol. The van der Waals surface area contributed by atoms with Crippen LogP contribution in [-0.2, 0) is 0 Å². The molecular formula is C10H17N3. The monoisotopic (exact) mass is 179 g/mol. The summed E-state index contributed by atoms with van der Waals surface area (Å²) in [5.74, 6) is 0. The van der Waals surface area contributed by atoms with E-state index in [4.69, 9.17) is 0 Å². The summed E-state index contributed by atoms with van der Waals surface area (Å²) in [5.41, 5.74) is 1.13. The van der Waals surface area contributed by atoms with Crippen molar-refractivity contribution in [3.05, 3.63) is 24.5 Å². The fourth-order valence-corrected chi connectivity index (χ4v) is 1.07. The summed E-state index contributed by atoms with van der Waals surface area (Å²) in [7, 11) is 0. The van der Waals surface area contributed by atoms with Crippen LogP contribution in [0.5, 0.6) is 0 Å². The quantitative estimate of drug-likeness (QED) is 0.650. The number of nitrogens with zero attached hydrogens (tertiary/aromatic N) is 1. The molecule has 0 fully saturated rings. The highest BCUT2D eigenvalue weighted by Crippen LogP contribution is 2.01. The normalized spacial score (nSPS) is 9.92. The van der Waals surface area contributed by atoms with Gasteiger partial charge in [-0.05, 0) is 25.1 Å². The van der Waals surface area contributed by atoms with Gasteiger partial charge in [-0.3, -0.25) is 4.98 Å². The minimum absolute atomic E-state index is 0.962. The zero-order valence-corrected chi connectivity index (χ0v) is 8.09. The Morgan fingerprint density at radius 2 is 1.92 bits per heavy atom. The lowest BCUT2D eigenvalue weighted by atomic mass is 10.4. The molecule has 1 aromatic rings. The second kappa shape index (κ2) is 6.43. The first-order chi connectivity index (χ1) is 6.43. The highest BCUT2D eigenvalue weighted by molar-refractivity contribution is 5.40. The molecule has 1 aromatic heterocycles. The Kier molecular flexibility index (Phi) is 4.94. The van der Waals surface area contributed by atoms with E-state index in [1.54, 1.807) is 12.4 Å². The van der Waals surface area contributed by atoms with Crippen molar-refractivity contribution >= 4 is 5.69 Å². The fourth-order valence-electron chi connectivity index (χ4n) is 1.07. The Morgan fingerprint density at radius 3 is 2.62 bits per heavy atom. The van der Waals surface area contributed by atoms with E-state index in [1.807, 2.05) is 12.1 Å². The maximum Gasteiger partial charge on any atom is 0.0371 e. The predicted molar refractivity (Wildman–Crippen MR) is 55.9 cm³/mol. The van der Waals surface area contributed by atoms with Crippen LogP contribution < -0.4 is 10.6 Å².